The molecule has 8 heteroatoms. The Labute approximate surface area is 174 Å². The van der Waals surface area contributed by atoms with Gasteiger partial charge in [0.15, 0.2) is 5.82 Å². The number of piperazine rings is 1. The monoisotopic (exact) mass is 403 g/mol. The van der Waals surface area contributed by atoms with Crippen LogP contribution in [0.1, 0.15) is 25.6 Å². The van der Waals surface area contributed by atoms with Crippen LogP contribution >= 0.6 is 0 Å². The van der Waals surface area contributed by atoms with Crippen LogP contribution in [0.5, 0.6) is 0 Å². The van der Waals surface area contributed by atoms with Crippen LogP contribution in [0.4, 0.5) is 11.5 Å². The van der Waals surface area contributed by atoms with Gasteiger partial charge in [-0.05, 0) is 45.0 Å². The van der Waals surface area contributed by atoms with Crippen molar-refractivity contribution < 1.29 is 0 Å². The fourth-order valence-corrected chi connectivity index (χ4v) is 4.14. The maximum atomic E-state index is 12.7. The zero-order valence-corrected chi connectivity index (χ0v) is 17.5. The van der Waals surface area contributed by atoms with Crippen molar-refractivity contribution in [1.82, 2.24) is 24.1 Å². The van der Waals surface area contributed by atoms with Gasteiger partial charge in [0, 0.05) is 50.3 Å². The third-order valence-corrected chi connectivity index (χ3v) is 5.76. The van der Waals surface area contributed by atoms with Crippen molar-refractivity contribution >= 4 is 27.9 Å². The van der Waals surface area contributed by atoms with Gasteiger partial charge in [-0.15, -0.1) is 0 Å². The Morgan fingerprint density at radius 2 is 1.77 bits per heavy atom. The van der Waals surface area contributed by atoms with E-state index in [-0.39, 0.29) is 11.6 Å². The van der Waals surface area contributed by atoms with E-state index >= 15 is 0 Å². The Morgan fingerprint density at radius 1 is 1.00 bits per heavy atom. The first-order valence-corrected chi connectivity index (χ1v) is 10.3. The molecular weight excluding hydrogens is 378 g/mol. The highest BCUT2D eigenvalue weighted by Crippen LogP contribution is 2.24. The standard InChI is InChI=1S/C22H25N7O/c1-15(2)28-14-24-19-13-17(4-5-18(19)22(28)30)26-8-10-27(11-9-26)21-20-12-16(3)25-29(20)7-6-23-21/h4-7,12-15H,8-11H2,1-3H3. The summed E-state index contributed by atoms with van der Waals surface area (Å²) in [5.41, 5.74) is 3.89. The van der Waals surface area contributed by atoms with Gasteiger partial charge in [0.2, 0.25) is 0 Å². The summed E-state index contributed by atoms with van der Waals surface area (Å²) in [6, 6.07) is 8.14. The summed E-state index contributed by atoms with van der Waals surface area (Å²) in [5.74, 6) is 0.979. The van der Waals surface area contributed by atoms with E-state index in [9.17, 15) is 4.79 Å². The molecule has 3 aromatic heterocycles. The van der Waals surface area contributed by atoms with Crippen molar-refractivity contribution in [1.29, 1.82) is 0 Å². The van der Waals surface area contributed by atoms with Gasteiger partial charge in [-0.3, -0.25) is 9.36 Å². The van der Waals surface area contributed by atoms with Gasteiger partial charge in [-0.2, -0.15) is 5.10 Å². The number of anilines is 2. The van der Waals surface area contributed by atoms with E-state index in [1.54, 1.807) is 17.1 Å². The van der Waals surface area contributed by atoms with Crippen LogP contribution in [0.2, 0.25) is 0 Å². The molecule has 4 heterocycles. The molecule has 0 unspecified atom stereocenters. The quantitative estimate of drug-likeness (QED) is 0.524. The predicted molar refractivity (Wildman–Crippen MR) is 119 cm³/mol. The van der Waals surface area contributed by atoms with E-state index < -0.39 is 0 Å². The fourth-order valence-electron chi connectivity index (χ4n) is 4.14. The number of benzene rings is 1. The lowest BCUT2D eigenvalue weighted by Crippen LogP contribution is -2.47. The first-order valence-electron chi connectivity index (χ1n) is 10.3. The SMILES string of the molecule is Cc1cc2c(N3CCN(c4ccc5c(=O)n(C(C)C)cnc5c4)CC3)nccn2n1. The molecule has 1 aliphatic heterocycles. The molecule has 5 rings (SSSR count). The normalized spacial score (nSPS) is 14.9. The second-order valence-corrected chi connectivity index (χ2v) is 8.09. The number of nitrogens with zero attached hydrogens (tertiary/aromatic N) is 7. The Bertz CT molecular complexity index is 1280. The molecule has 0 radical (unpaired) electrons. The lowest BCUT2D eigenvalue weighted by atomic mass is 10.2. The number of fused-ring (bicyclic) bond motifs is 2. The zero-order chi connectivity index (χ0) is 20.8. The van der Waals surface area contributed by atoms with Crippen LogP contribution in [0.3, 0.4) is 0 Å². The van der Waals surface area contributed by atoms with Gasteiger partial charge in [0.25, 0.3) is 5.56 Å². The minimum absolute atomic E-state index is 0.0154. The topological polar surface area (TPSA) is 71.6 Å². The maximum Gasteiger partial charge on any atom is 0.261 e. The minimum atomic E-state index is 0.0154. The third kappa shape index (κ3) is 3.08. The van der Waals surface area contributed by atoms with Crippen molar-refractivity contribution in [3.63, 3.8) is 0 Å². The van der Waals surface area contributed by atoms with Crippen molar-refractivity contribution in [2.45, 2.75) is 26.8 Å². The Balaban J connectivity index is 1.38. The first kappa shape index (κ1) is 18.6. The highest BCUT2D eigenvalue weighted by atomic mass is 16.1. The third-order valence-electron chi connectivity index (χ3n) is 5.76. The van der Waals surface area contributed by atoms with Gasteiger partial charge in [0.1, 0.15) is 5.52 Å². The summed E-state index contributed by atoms with van der Waals surface area (Å²) >= 11 is 0. The van der Waals surface area contributed by atoms with Gasteiger partial charge < -0.3 is 9.80 Å². The summed E-state index contributed by atoms with van der Waals surface area (Å²) in [4.78, 5) is 26.4. The zero-order valence-electron chi connectivity index (χ0n) is 17.5. The van der Waals surface area contributed by atoms with E-state index in [0.717, 1.165) is 54.4 Å². The molecule has 1 aromatic carbocycles. The molecule has 154 valence electrons. The van der Waals surface area contributed by atoms with Crippen LogP contribution in [-0.4, -0.2) is 50.3 Å². The molecule has 0 saturated carbocycles. The summed E-state index contributed by atoms with van der Waals surface area (Å²) < 4.78 is 3.57. The molecule has 0 N–H and O–H groups in total. The van der Waals surface area contributed by atoms with Crippen molar-refractivity contribution in [2.24, 2.45) is 0 Å². The molecule has 0 spiro atoms. The number of rotatable bonds is 3. The molecule has 1 saturated heterocycles. The van der Waals surface area contributed by atoms with Crippen LogP contribution in [0, 0.1) is 6.92 Å². The van der Waals surface area contributed by atoms with E-state index in [0.29, 0.717) is 5.39 Å². The van der Waals surface area contributed by atoms with E-state index in [1.807, 2.05) is 49.7 Å². The molecule has 30 heavy (non-hydrogen) atoms. The van der Waals surface area contributed by atoms with Gasteiger partial charge in [-0.25, -0.2) is 14.5 Å². The predicted octanol–water partition coefficient (Wildman–Crippen LogP) is 2.66. The van der Waals surface area contributed by atoms with Crippen LogP contribution in [-0.2, 0) is 0 Å². The maximum absolute atomic E-state index is 12.7. The van der Waals surface area contributed by atoms with Crippen molar-refractivity contribution in [3.8, 4) is 0 Å². The highest BCUT2D eigenvalue weighted by molar-refractivity contribution is 5.81. The van der Waals surface area contributed by atoms with Gasteiger partial charge in [-0.1, -0.05) is 0 Å². The minimum Gasteiger partial charge on any atom is -0.368 e. The largest absolute Gasteiger partial charge is 0.368 e. The molecule has 1 aliphatic rings. The Morgan fingerprint density at radius 3 is 2.53 bits per heavy atom. The summed E-state index contributed by atoms with van der Waals surface area (Å²) in [7, 11) is 0. The molecule has 0 aliphatic carbocycles. The number of hydrogen-bond donors (Lipinski definition) is 0. The second-order valence-electron chi connectivity index (χ2n) is 8.09. The number of aromatic nitrogens is 5. The number of aryl methyl sites for hydroxylation is 1. The molecule has 8 nitrogen and oxygen atoms in total. The smallest absolute Gasteiger partial charge is 0.261 e. The average molecular weight is 403 g/mol. The van der Waals surface area contributed by atoms with Crippen LogP contribution in [0.25, 0.3) is 16.4 Å². The Kier molecular flexibility index (Phi) is 4.42. The van der Waals surface area contributed by atoms with Crippen LogP contribution in [0.15, 0.2) is 47.8 Å². The Hall–Kier alpha value is -3.42. The lowest BCUT2D eigenvalue weighted by Gasteiger charge is -2.36. The molecule has 0 amide bonds. The lowest BCUT2D eigenvalue weighted by molar-refractivity contribution is 0.573. The molecule has 0 bridgehead atoms. The van der Waals surface area contributed by atoms with E-state index in [2.05, 4.69) is 30.9 Å². The van der Waals surface area contributed by atoms with Gasteiger partial charge >= 0.3 is 0 Å². The summed E-state index contributed by atoms with van der Waals surface area (Å²) in [6.07, 6.45) is 5.34. The van der Waals surface area contributed by atoms with Crippen LogP contribution < -0.4 is 15.4 Å². The molecule has 1 fully saturated rings. The van der Waals surface area contributed by atoms with Crippen molar-refractivity contribution in [3.05, 3.63) is 59.0 Å². The molecule has 0 atom stereocenters. The second kappa shape index (κ2) is 7.12. The highest BCUT2D eigenvalue weighted by Gasteiger charge is 2.21. The summed E-state index contributed by atoms with van der Waals surface area (Å²) in [5, 5.41) is 5.16. The van der Waals surface area contributed by atoms with E-state index in [4.69, 9.17) is 0 Å². The van der Waals surface area contributed by atoms with Gasteiger partial charge in [0.05, 0.1) is 22.9 Å². The number of hydrogen-bond acceptors (Lipinski definition) is 6. The first-order chi connectivity index (χ1) is 14.5. The molecular formula is C22H25N7O. The average Bonchev–Trinajstić information content (AvgIpc) is 3.14. The molecule has 4 aromatic rings. The summed E-state index contributed by atoms with van der Waals surface area (Å²) in [6.45, 7) is 9.48. The van der Waals surface area contributed by atoms with Crippen molar-refractivity contribution in [2.75, 3.05) is 36.0 Å². The van der Waals surface area contributed by atoms with E-state index in [1.165, 1.54) is 0 Å². The fraction of sp³-hybridized carbons (Fsp3) is 0.364.